The Morgan fingerprint density at radius 3 is 2.42 bits per heavy atom. The Kier molecular flexibility index (Phi) is 6.73. The van der Waals surface area contributed by atoms with Crippen LogP contribution in [0.15, 0.2) is 65.7 Å². The van der Waals surface area contributed by atoms with Crippen LogP contribution in [-0.4, -0.2) is 42.8 Å². The molecular weight excluding hydrogens is 410 g/mol. The molecule has 2 aromatic carbocycles. The maximum atomic E-state index is 13.1. The zero-order chi connectivity index (χ0) is 21.7. The molecule has 6 nitrogen and oxygen atoms in total. The highest BCUT2D eigenvalue weighted by Crippen LogP contribution is 2.25. The van der Waals surface area contributed by atoms with Crippen molar-refractivity contribution in [1.29, 1.82) is 0 Å². The van der Waals surface area contributed by atoms with Crippen LogP contribution in [0.25, 0.3) is 10.9 Å². The van der Waals surface area contributed by atoms with Gasteiger partial charge in [-0.3, -0.25) is 4.79 Å². The molecule has 0 saturated carbocycles. The van der Waals surface area contributed by atoms with Crippen molar-refractivity contribution in [2.24, 2.45) is 0 Å². The van der Waals surface area contributed by atoms with Gasteiger partial charge in [0.1, 0.15) is 6.54 Å². The van der Waals surface area contributed by atoms with Gasteiger partial charge in [-0.2, -0.15) is 4.31 Å². The molecule has 7 heteroatoms. The Labute approximate surface area is 183 Å². The summed E-state index contributed by atoms with van der Waals surface area (Å²) in [7, 11) is -3.48. The fourth-order valence-corrected chi connectivity index (χ4v) is 5.66. The smallest absolute Gasteiger partial charge is 0.243 e. The summed E-state index contributed by atoms with van der Waals surface area (Å²) in [6.07, 6.45) is 6.62. The first-order valence-electron chi connectivity index (χ1n) is 10.9. The number of nitrogens with one attached hydrogen (secondary N) is 1. The van der Waals surface area contributed by atoms with E-state index in [2.05, 4.69) is 5.32 Å². The Balaban J connectivity index is 1.41. The van der Waals surface area contributed by atoms with E-state index in [0.29, 0.717) is 24.5 Å². The van der Waals surface area contributed by atoms with Gasteiger partial charge in [0.25, 0.3) is 0 Å². The fourth-order valence-electron chi connectivity index (χ4n) is 4.11. The van der Waals surface area contributed by atoms with Crippen LogP contribution in [0.5, 0.6) is 0 Å². The minimum absolute atomic E-state index is 0.0605. The highest BCUT2D eigenvalue weighted by atomic mass is 32.2. The maximum absolute atomic E-state index is 13.1. The van der Waals surface area contributed by atoms with E-state index in [1.165, 1.54) is 5.56 Å². The van der Waals surface area contributed by atoms with E-state index in [-0.39, 0.29) is 12.5 Å². The lowest BCUT2D eigenvalue weighted by Crippen LogP contribution is -2.31. The quantitative estimate of drug-likeness (QED) is 0.612. The number of carbonyl (C=O) groups is 1. The normalized spacial score (nSPS) is 15.6. The van der Waals surface area contributed by atoms with Crippen LogP contribution in [0.3, 0.4) is 0 Å². The molecule has 1 amide bonds. The van der Waals surface area contributed by atoms with Gasteiger partial charge in [0.2, 0.25) is 15.9 Å². The van der Waals surface area contributed by atoms with Gasteiger partial charge in [-0.15, -0.1) is 0 Å². The number of sulfonamides is 1. The summed E-state index contributed by atoms with van der Waals surface area (Å²) in [6, 6.07) is 17.1. The summed E-state index contributed by atoms with van der Waals surface area (Å²) in [6.45, 7) is 1.96. The summed E-state index contributed by atoms with van der Waals surface area (Å²) < 4.78 is 29.6. The number of benzene rings is 2. The van der Waals surface area contributed by atoms with E-state index in [1.54, 1.807) is 22.5 Å². The molecule has 2 heterocycles. The van der Waals surface area contributed by atoms with E-state index in [0.717, 1.165) is 43.0 Å². The van der Waals surface area contributed by atoms with Gasteiger partial charge < -0.3 is 9.88 Å². The topological polar surface area (TPSA) is 71.4 Å². The van der Waals surface area contributed by atoms with Crippen LogP contribution in [-0.2, 0) is 27.8 Å². The van der Waals surface area contributed by atoms with E-state index in [9.17, 15) is 13.2 Å². The first kappa shape index (κ1) is 21.6. The largest absolute Gasteiger partial charge is 0.354 e. The first-order valence-corrected chi connectivity index (χ1v) is 12.4. The third kappa shape index (κ3) is 5.17. The third-order valence-electron chi connectivity index (χ3n) is 5.84. The van der Waals surface area contributed by atoms with Crippen molar-refractivity contribution in [2.45, 2.75) is 43.5 Å². The summed E-state index contributed by atoms with van der Waals surface area (Å²) in [5.74, 6) is -0.0605. The number of hydrogen-bond donors (Lipinski definition) is 1. The molecule has 0 aliphatic carbocycles. The van der Waals surface area contributed by atoms with Crippen molar-refractivity contribution >= 4 is 26.8 Å². The van der Waals surface area contributed by atoms with Crippen LogP contribution in [0.4, 0.5) is 0 Å². The Bertz CT molecular complexity index is 1130. The van der Waals surface area contributed by atoms with Crippen LogP contribution in [0.2, 0.25) is 0 Å². The number of rotatable bonds is 7. The van der Waals surface area contributed by atoms with E-state index < -0.39 is 10.0 Å². The van der Waals surface area contributed by atoms with Crippen LogP contribution in [0.1, 0.15) is 31.2 Å². The molecule has 1 saturated heterocycles. The van der Waals surface area contributed by atoms with Crippen molar-refractivity contribution in [3.8, 4) is 0 Å². The predicted octanol–water partition coefficient (Wildman–Crippen LogP) is 3.56. The lowest BCUT2D eigenvalue weighted by atomic mass is 10.1. The summed E-state index contributed by atoms with van der Waals surface area (Å²) in [5.41, 5.74) is 2.04. The third-order valence-corrected chi connectivity index (χ3v) is 7.73. The second-order valence-electron chi connectivity index (χ2n) is 8.07. The number of nitrogens with zero attached hydrogens (tertiary/aromatic N) is 2. The average molecular weight is 440 g/mol. The molecule has 1 aliphatic rings. The maximum Gasteiger partial charge on any atom is 0.243 e. The summed E-state index contributed by atoms with van der Waals surface area (Å²) >= 11 is 0. The molecule has 1 aromatic heterocycles. The monoisotopic (exact) mass is 439 g/mol. The molecule has 164 valence electrons. The van der Waals surface area contributed by atoms with Crippen LogP contribution in [0, 0.1) is 0 Å². The second kappa shape index (κ2) is 9.66. The number of amides is 1. The second-order valence-corrected chi connectivity index (χ2v) is 10.0. The predicted molar refractivity (Wildman–Crippen MR) is 122 cm³/mol. The highest BCUT2D eigenvalue weighted by molar-refractivity contribution is 7.89. The number of hydrogen-bond acceptors (Lipinski definition) is 3. The molecule has 31 heavy (non-hydrogen) atoms. The van der Waals surface area contributed by atoms with Crippen molar-refractivity contribution in [1.82, 2.24) is 14.2 Å². The SMILES string of the molecule is O=C(Cn1ccc2cc(S(=O)(=O)N3CCCCCC3)ccc21)NCCc1ccccc1. The van der Waals surface area contributed by atoms with Crippen molar-refractivity contribution < 1.29 is 13.2 Å². The summed E-state index contributed by atoms with van der Waals surface area (Å²) in [5, 5.41) is 3.78. The molecule has 4 rings (SSSR count). The van der Waals surface area contributed by atoms with Crippen molar-refractivity contribution in [3.05, 3.63) is 66.4 Å². The lowest BCUT2D eigenvalue weighted by molar-refractivity contribution is -0.121. The number of aromatic nitrogens is 1. The number of fused-ring (bicyclic) bond motifs is 1. The molecular formula is C24H29N3O3S. The van der Waals surface area contributed by atoms with E-state index in [4.69, 9.17) is 0 Å². The van der Waals surface area contributed by atoms with E-state index >= 15 is 0 Å². The zero-order valence-corrected chi connectivity index (χ0v) is 18.5. The minimum atomic E-state index is -3.48. The highest BCUT2D eigenvalue weighted by Gasteiger charge is 2.25. The standard InChI is InChI=1S/C24H29N3O3S/c28-24(25-14-12-20-8-4-3-5-9-20)19-26-17-13-21-18-22(10-11-23(21)26)31(29,30)27-15-6-1-2-7-16-27/h3-5,8-11,13,17-18H,1-2,6-7,12,14-16,19H2,(H,25,28). The van der Waals surface area contributed by atoms with Gasteiger partial charge >= 0.3 is 0 Å². The van der Waals surface area contributed by atoms with Crippen LogP contribution >= 0.6 is 0 Å². The molecule has 1 fully saturated rings. The van der Waals surface area contributed by atoms with Crippen LogP contribution < -0.4 is 5.32 Å². The van der Waals surface area contributed by atoms with Gasteiger partial charge in [0, 0.05) is 36.7 Å². The number of carbonyl (C=O) groups excluding carboxylic acids is 1. The first-order chi connectivity index (χ1) is 15.0. The minimum Gasteiger partial charge on any atom is -0.354 e. The molecule has 0 bridgehead atoms. The molecule has 0 atom stereocenters. The molecule has 0 radical (unpaired) electrons. The molecule has 3 aromatic rings. The van der Waals surface area contributed by atoms with Gasteiger partial charge in [0.05, 0.1) is 4.90 Å². The zero-order valence-electron chi connectivity index (χ0n) is 17.7. The van der Waals surface area contributed by atoms with Gasteiger partial charge in [0.15, 0.2) is 0 Å². The van der Waals surface area contributed by atoms with E-state index in [1.807, 2.05) is 47.2 Å². The molecule has 0 spiro atoms. The van der Waals surface area contributed by atoms with Gasteiger partial charge in [-0.1, -0.05) is 43.2 Å². The lowest BCUT2D eigenvalue weighted by Gasteiger charge is -2.20. The summed E-state index contributed by atoms with van der Waals surface area (Å²) in [4.78, 5) is 12.7. The average Bonchev–Trinajstić information content (AvgIpc) is 2.98. The van der Waals surface area contributed by atoms with Crippen molar-refractivity contribution in [3.63, 3.8) is 0 Å². The van der Waals surface area contributed by atoms with Crippen molar-refractivity contribution in [2.75, 3.05) is 19.6 Å². The molecule has 1 aliphatic heterocycles. The Morgan fingerprint density at radius 1 is 0.935 bits per heavy atom. The van der Waals surface area contributed by atoms with Gasteiger partial charge in [-0.05, 0) is 49.1 Å². The van der Waals surface area contributed by atoms with Gasteiger partial charge in [-0.25, -0.2) is 8.42 Å². The Hall–Kier alpha value is -2.64. The molecule has 1 N–H and O–H groups in total. The Morgan fingerprint density at radius 2 is 1.68 bits per heavy atom. The fraction of sp³-hybridized carbons (Fsp3) is 0.375. The molecule has 0 unspecified atom stereocenters.